The van der Waals surface area contributed by atoms with Crippen LogP contribution in [-0.4, -0.2) is 23.6 Å². The topological polar surface area (TPSA) is 12.0 Å². The third-order valence-electron chi connectivity index (χ3n) is 3.96. The summed E-state index contributed by atoms with van der Waals surface area (Å²) in [5.74, 6) is 2.38. The maximum absolute atomic E-state index is 3.77. The molecule has 1 heterocycles. The lowest BCUT2D eigenvalue weighted by Crippen LogP contribution is -2.43. The molecule has 88 valence electrons. The van der Waals surface area contributed by atoms with Gasteiger partial charge in [0.05, 0.1) is 0 Å². The Kier molecular flexibility index (Phi) is 4.83. The van der Waals surface area contributed by atoms with E-state index in [9.17, 15) is 0 Å². The summed E-state index contributed by atoms with van der Waals surface area (Å²) in [4.78, 5) is 0. The molecule has 0 aromatic heterocycles. The van der Waals surface area contributed by atoms with Gasteiger partial charge in [-0.3, -0.25) is 0 Å². The van der Waals surface area contributed by atoms with E-state index in [0.29, 0.717) is 0 Å². The van der Waals surface area contributed by atoms with E-state index in [1.54, 1.807) is 0 Å². The van der Waals surface area contributed by atoms with Crippen LogP contribution in [-0.2, 0) is 0 Å². The summed E-state index contributed by atoms with van der Waals surface area (Å²) in [7, 11) is 0. The molecule has 2 aliphatic rings. The molecule has 2 atom stereocenters. The average molecular weight is 227 g/mol. The lowest BCUT2D eigenvalue weighted by molar-refractivity contribution is 0.264. The zero-order chi connectivity index (χ0) is 10.5. The summed E-state index contributed by atoms with van der Waals surface area (Å²) < 4.78 is 0. The summed E-state index contributed by atoms with van der Waals surface area (Å²) in [6, 6.07) is 0.822. The van der Waals surface area contributed by atoms with Crippen molar-refractivity contribution in [1.82, 2.24) is 5.32 Å². The summed E-state index contributed by atoms with van der Waals surface area (Å²) in [5.41, 5.74) is 0. The molecule has 0 aromatic rings. The summed E-state index contributed by atoms with van der Waals surface area (Å²) in [5, 5.41) is 4.70. The monoisotopic (exact) mass is 227 g/mol. The number of hydrogen-bond acceptors (Lipinski definition) is 2. The van der Waals surface area contributed by atoms with Gasteiger partial charge in [-0.1, -0.05) is 26.2 Å². The van der Waals surface area contributed by atoms with Crippen molar-refractivity contribution < 1.29 is 0 Å². The van der Waals surface area contributed by atoms with Crippen LogP contribution in [0.15, 0.2) is 0 Å². The van der Waals surface area contributed by atoms with Gasteiger partial charge < -0.3 is 5.32 Å². The predicted octanol–water partition coefficient (Wildman–Crippen LogP) is 3.44. The molecule has 2 rings (SSSR count). The molecule has 2 fully saturated rings. The van der Waals surface area contributed by atoms with Gasteiger partial charge in [-0.05, 0) is 43.9 Å². The zero-order valence-electron chi connectivity index (χ0n) is 10.0. The van der Waals surface area contributed by atoms with Gasteiger partial charge in [0.2, 0.25) is 0 Å². The lowest BCUT2D eigenvalue weighted by Gasteiger charge is -2.34. The number of rotatable bonds is 4. The van der Waals surface area contributed by atoms with Gasteiger partial charge in [-0.15, -0.1) is 0 Å². The Balaban J connectivity index is 1.90. The summed E-state index contributed by atoms with van der Waals surface area (Å²) in [6.45, 7) is 3.41. The molecule has 0 amide bonds. The van der Waals surface area contributed by atoms with Crippen LogP contribution in [0.5, 0.6) is 0 Å². The van der Waals surface area contributed by atoms with Crippen molar-refractivity contribution in [2.24, 2.45) is 5.92 Å². The van der Waals surface area contributed by atoms with Crippen LogP contribution in [0, 0.1) is 5.92 Å². The molecule has 2 unspecified atom stereocenters. The van der Waals surface area contributed by atoms with Gasteiger partial charge in [0.25, 0.3) is 0 Å². The largest absolute Gasteiger partial charge is 0.313 e. The first kappa shape index (κ1) is 11.8. The molecule has 0 aromatic carbocycles. The highest BCUT2D eigenvalue weighted by molar-refractivity contribution is 8.00. The Morgan fingerprint density at radius 3 is 2.53 bits per heavy atom. The van der Waals surface area contributed by atoms with Crippen LogP contribution in [0.3, 0.4) is 0 Å². The molecule has 15 heavy (non-hydrogen) atoms. The Hall–Kier alpha value is 0.310. The molecule has 0 bridgehead atoms. The molecular weight excluding hydrogens is 202 g/mol. The third-order valence-corrected chi connectivity index (χ3v) is 5.44. The summed E-state index contributed by atoms with van der Waals surface area (Å²) in [6.07, 6.45) is 10.3. The maximum atomic E-state index is 3.77. The average Bonchev–Trinajstić information content (AvgIpc) is 2.80. The van der Waals surface area contributed by atoms with E-state index in [1.807, 2.05) is 0 Å². The molecule has 1 aliphatic heterocycles. The first-order chi connectivity index (χ1) is 7.42. The highest BCUT2D eigenvalue weighted by atomic mass is 32.2. The van der Waals surface area contributed by atoms with Crippen LogP contribution in [0.4, 0.5) is 0 Å². The minimum absolute atomic E-state index is 0.822. The van der Waals surface area contributed by atoms with Crippen molar-refractivity contribution in [1.29, 1.82) is 0 Å². The molecule has 1 nitrogen and oxygen atoms in total. The van der Waals surface area contributed by atoms with Gasteiger partial charge in [-0.2, -0.15) is 11.8 Å². The van der Waals surface area contributed by atoms with Gasteiger partial charge in [0, 0.05) is 11.3 Å². The fraction of sp³-hybridized carbons (Fsp3) is 1.00. The van der Waals surface area contributed by atoms with Crippen molar-refractivity contribution in [2.75, 3.05) is 12.3 Å². The second-order valence-corrected chi connectivity index (χ2v) is 6.38. The highest BCUT2D eigenvalue weighted by Crippen LogP contribution is 2.36. The quantitative estimate of drug-likeness (QED) is 0.789. The second kappa shape index (κ2) is 6.15. The van der Waals surface area contributed by atoms with E-state index in [-0.39, 0.29) is 0 Å². The molecule has 2 heteroatoms. The van der Waals surface area contributed by atoms with Crippen LogP contribution in [0.25, 0.3) is 0 Å². The van der Waals surface area contributed by atoms with Crippen molar-refractivity contribution in [3.63, 3.8) is 0 Å². The Morgan fingerprint density at radius 2 is 1.93 bits per heavy atom. The van der Waals surface area contributed by atoms with Gasteiger partial charge >= 0.3 is 0 Å². The van der Waals surface area contributed by atoms with Crippen LogP contribution >= 0.6 is 11.8 Å². The van der Waals surface area contributed by atoms with Crippen molar-refractivity contribution in [2.45, 2.75) is 63.2 Å². The molecule has 1 saturated carbocycles. The third kappa shape index (κ3) is 3.13. The summed E-state index contributed by atoms with van der Waals surface area (Å²) >= 11 is 2.22. The van der Waals surface area contributed by atoms with Gasteiger partial charge in [0.15, 0.2) is 0 Å². The van der Waals surface area contributed by atoms with Crippen LogP contribution < -0.4 is 5.32 Å². The second-order valence-electron chi connectivity index (χ2n) is 5.03. The molecule has 1 saturated heterocycles. The molecule has 1 aliphatic carbocycles. The Bertz CT molecular complexity index is 171. The van der Waals surface area contributed by atoms with E-state index in [4.69, 9.17) is 0 Å². The van der Waals surface area contributed by atoms with E-state index in [0.717, 1.165) is 23.8 Å². The van der Waals surface area contributed by atoms with E-state index in [2.05, 4.69) is 24.0 Å². The fourth-order valence-corrected chi connectivity index (χ4v) is 4.71. The number of thioether (sulfide) groups is 1. The van der Waals surface area contributed by atoms with E-state index in [1.165, 1.54) is 50.7 Å². The van der Waals surface area contributed by atoms with Gasteiger partial charge in [0.1, 0.15) is 0 Å². The minimum Gasteiger partial charge on any atom is -0.313 e. The van der Waals surface area contributed by atoms with E-state index < -0.39 is 0 Å². The normalized spacial score (nSPS) is 30.6. The molecular formula is C13H25NS. The zero-order valence-corrected chi connectivity index (χ0v) is 10.8. The first-order valence-electron chi connectivity index (χ1n) is 6.77. The predicted molar refractivity (Wildman–Crippen MR) is 69.5 cm³/mol. The first-order valence-corrected chi connectivity index (χ1v) is 7.81. The van der Waals surface area contributed by atoms with Crippen LogP contribution in [0.2, 0.25) is 0 Å². The fourth-order valence-electron chi connectivity index (χ4n) is 3.22. The van der Waals surface area contributed by atoms with Crippen molar-refractivity contribution >= 4 is 11.8 Å². The smallest absolute Gasteiger partial charge is 0.0214 e. The van der Waals surface area contributed by atoms with Gasteiger partial charge in [-0.25, -0.2) is 0 Å². The van der Waals surface area contributed by atoms with Crippen molar-refractivity contribution in [3.8, 4) is 0 Å². The molecule has 0 radical (unpaired) electrons. The van der Waals surface area contributed by atoms with Crippen molar-refractivity contribution in [3.05, 3.63) is 0 Å². The van der Waals surface area contributed by atoms with Crippen LogP contribution in [0.1, 0.15) is 51.9 Å². The molecule has 1 N–H and O–H groups in total. The standard InChI is InChI=1S/C13H25NS/c1-2-14-13(12-9-6-10-15-12)11-7-4-3-5-8-11/h11-14H,2-10H2,1H3. The minimum atomic E-state index is 0.822. The molecule has 0 spiro atoms. The Morgan fingerprint density at radius 1 is 1.13 bits per heavy atom. The Labute approximate surface area is 98.8 Å². The maximum Gasteiger partial charge on any atom is 0.0214 e. The highest BCUT2D eigenvalue weighted by Gasteiger charge is 2.31. The lowest BCUT2D eigenvalue weighted by atomic mass is 9.82. The SMILES string of the molecule is CCNC(C1CCCCC1)C1CCCS1. The van der Waals surface area contributed by atoms with E-state index >= 15 is 0 Å². The number of hydrogen-bond donors (Lipinski definition) is 1. The number of nitrogens with one attached hydrogen (secondary N) is 1.